The number of carbonyl (C=O) groups excluding carboxylic acids is 2. The van der Waals surface area contributed by atoms with Crippen LogP contribution in [0.1, 0.15) is 136 Å². The second kappa shape index (κ2) is 12.9. The normalized spacial score (nSPS) is 38.0. The van der Waals surface area contributed by atoms with E-state index in [4.69, 9.17) is 4.74 Å². The highest BCUT2D eigenvalue weighted by Gasteiger charge is 2.72. The van der Waals surface area contributed by atoms with Gasteiger partial charge >= 0.3 is 5.97 Å². The molecule has 7 heteroatoms. The first kappa shape index (κ1) is 38.5. The summed E-state index contributed by atoms with van der Waals surface area (Å²) in [6.07, 6.45) is 11.3. The van der Waals surface area contributed by atoms with E-state index < -0.39 is 17.5 Å². The molecule has 4 fully saturated rings. The second-order valence-electron chi connectivity index (χ2n) is 20.0. The number of allylic oxidation sites excluding steroid dienone is 3. The number of hydrogen-bond acceptors (Lipinski definition) is 5. The number of aromatic carboxylic acids is 1. The van der Waals surface area contributed by atoms with Crippen LogP contribution < -0.4 is 0 Å². The van der Waals surface area contributed by atoms with Gasteiger partial charge in [0.05, 0.1) is 11.7 Å². The van der Waals surface area contributed by atoms with Crippen LogP contribution in [-0.4, -0.2) is 65.7 Å². The molecule has 53 heavy (non-hydrogen) atoms. The Balaban J connectivity index is 1.25. The molecule has 290 valence electrons. The predicted molar refractivity (Wildman–Crippen MR) is 208 cm³/mol. The van der Waals surface area contributed by atoms with Crippen molar-refractivity contribution >= 4 is 23.2 Å². The van der Waals surface area contributed by atoms with Crippen molar-refractivity contribution in [3.63, 3.8) is 0 Å². The van der Waals surface area contributed by atoms with Crippen molar-refractivity contribution < 1.29 is 29.3 Å². The summed E-state index contributed by atoms with van der Waals surface area (Å²) < 4.78 is 5.26. The van der Waals surface area contributed by atoms with Crippen molar-refractivity contribution in [1.29, 1.82) is 0 Å². The molecule has 7 nitrogen and oxygen atoms in total. The maximum Gasteiger partial charge on any atom is 0.335 e. The van der Waals surface area contributed by atoms with Crippen molar-refractivity contribution in [2.75, 3.05) is 26.8 Å². The third kappa shape index (κ3) is 5.43. The average Bonchev–Trinajstić information content (AvgIpc) is 3.86. The van der Waals surface area contributed by atoms with E-state index >= 15 is 0 Å². The Labute approximate surface area is 318 Å². The molecular formula is C46H65NO6. The topological polar surface area (TPSA) is 104 Å². The van der Waals surface area contributed by atoms with Crippen molar-refractivity contribution in [2.45, 2.75) is 126 Å². The number of ketones is 1. The Hall–Kier alpha value is -2.77. The van der Waals surface area contributed by atoms with Gasteiger partial charge in [-0.15, -0.1) is 0 Å². The molecule has 4 saturated carbocycles. The first-order chi connectivity index (χ1) is 24.8. The van der Waals surface area contributed by atoms with E-state index in [1.165, 1.54) is 11.1 Å². The number of aliphatic hydroxyl groups is 1. The van der Waals surface area contributed by atoms with Crippen LogP contribution in [0.2, 0.25) is 0 Å². The van der Waals surface area contributed by atoms with Gasteiger partial charge in [-0.2, -0.15) is 0 Å². The lowest BCUT2D eigenvalue weighted by molar-refractivity contribution is -0.230. The van der Waals surface area contributed by atoms with Gasteiger partial charge in [0.2, 0.25) is 5.91 Å². The molecule has 7 rings (SSSR count). The minimum atomic E-state index is -0.899. The number of hydrogen-bond donors (Lipinski definition) is 2. The van der Waals surface area contributed by atoms with Crippen LogP contribution in [0, 0.1) is 56.2 Å². The molecule has 0 unspecified atom stereocenters. The molecule has 0 radical (unpaired) electrons. The van der Waals surface area contributed by atoms with E-state index in [9.17, 15) is 24.6 Å². The Morgan fingerprint density at radius 2 is 1.57 bits per heavy atom. The molecule has 2 N–H and O–H groups in total. The maximum absolute atomic E-state index is 14.2. The van der Waals surface area contributed by atoms with Gasteiger partial charge in [0.15, 0.2) is 5.78 Å². The van der Waals surface area contributed by atoms with E-state index in [1.54, 1.807) is 19.2 Å². The molecule has 6 aliphatic carbocycles. The Kier molecular flexibility index (Phi) is 9.37. The lowest BCUT2D eigenvalue weighted by Crippen LogP contribution is -2.67. The van der Waals surface area contributed by atoms with Crippen molar-refractivity contribution in [1.82, 2.24) is 4.90 Å². The quantitative estimate of drug-likeness (QED) is 0.249. The minimum absolute atomic E-state index is 0.00786. The number of carbonyl (C=O) groups is 3. The van der Waals surface area contributed by atoms with Crippen LogP contribution in [0.3, 0.4) is 0 Å². The molecule has 1 amide bonds. The lowest BCUT2D eigenvalue weighted by atomic mass is 9.30. The molecular weight excluding hydrogens is 663 g/mol. The van der Waals surface area contributed by atoms with Crippen LogP contribution in [0.25, 0.3) is 5.57 Å². The van der Waals surface area contributed by atoms with Gasteiger partial charge in [0.25, 0.3) is 0 Å². The third-order valence-corrected chi connectivity index (χ3v) is 17.4. The molecule has 0 heterocycles. The zero-order valence-corrected chi connectivity index (χ0v) is 33.9. The molecule has 8 atom stereocenters. The van der Waals surface area contributed by atoms with Gasteiger partial charge in [0.1, 0.15) is 6.61 Å². The molecule has 1 aromatic carbocycles. The van der Waals surface area contributed by atoms with Gasteiger partial charge in [-0.25, -0.2) is 4.79 Å². The number of carboxylic acids is 1. The monoisotopic (exact) mass is 727 g/mol. The molecule has 0 bridgehead atoms. The number of nitrogens with zero attached hydrogens (tertiary/aromatic N) is 1. The van der Waals surface area contributed by atoms with Crippen molar-refractivity contribution in [3.05, 3.63) is 52.6 Å². The van der Waals surface area contributed by atoms with Crippen LogP contribution in [0.4, 0.5) is 0 Å². The Bertz CT molecular complexity index is 1740. The van der Waals surface area contributed by atoms with Gasteiger partial charge in [-0.1, -0.05) is 79.2 Å². The summed E-state index contributed by atoms with van der Waals surface area (Å²) in [5.74, 6) is 0.495. The summed E-state index contributed by atoms with van der Waals surface area (Å²) in [6, 6.07) is 7.46. The van der Waals surface area contributed by atoms with E-state index in [-0.39, 0.29) is 63.8 Å². The zero-order chi connectivity index (χ0) is 38.5. The smallest absolute Gasteiger partial charge is 0.335 e. The fourth-order valence-corrected chi connectivity index (χ4v) is 13.6. The molecule has 0 saturated heterocycles. The number of aliphatic hydroxyl groups excluding tert-OH is 1. The van der Waals surface area contributed by atoms with Crippen molar-refractivity contribution in [2.24, 2.45) is 56.2 Å². The summed E-state index contributed by atoms with van der Waals surface area (Å²) in [4.78, 5) is 40.9. The summed E-state index contributed by atoms with van der Waals surface area (Å²) in [6.45, 7) is 20.3. The van der Waals surface area contributed by atoms with E-state index in [0.717, 1.165) is 68.9 Å². The Morgan fingerprint density at radius 3 is 2.17 bits per heavy atom. The SMILES string of the molecule is COCC(=O)N(CC1CC1)C[C@H](O)[C@@]12CC[C@]3(C)[C@H](CC[C@H]4[C@@]3(C)CC[C@]3(C)C(C)(C)C(c5ccc(C(=O)O)cc5)=CC[C@]43C)C1=C(C(C)C)C(=O)C2. The number of benzene rings is 1. The number of Topliss-reactive ketones (excluding diaryl/α,β-unsaturated/α-hetero) is 1. The highest BCUT2D eigenvalue weighted by atomic mass is 16.5. The van der Waals surface area contributed by atoms with E-state index in [0.29, 0.717) is 30.4 Å². The van der Waals surface area contributed by atoms with Crippen LogP contribution in [0.15, 0.2) is 41.5 Å². The fraction of sp³-hybridized carbons (Fsp3) is 0.717. The summed E-state index contributed by atoms with van der Waals surface area (Å²) >= 11 is 0. The van der Waals surface area contributed by atoms with Crippen molar-refractivity contribution in [3.8, 4) is 0 Å². The highest BCUT2D eigenvalue weighted by Crippen LogP contribution is 2.80. The molecule has 0 aromatic heterocycles. The third-order valence-electron chi connectivity index (χ3n) is 17.4. The molecule has 1 aromatic rings. The number of fused-ring (bicyclic) bond motifs is 7. The molecule has 0 spiro atoms. The van der Waals surface area contributed by atoms with Gasteiger partial charge in [-0.3, -0.25) is 9.59 Å². The van der Waals surface area contributed by atoms with Gasteiger partial charge in [-0.05, 0) is 137 Å². The second-order valence-corrected chi connectivity index (χ2v) is 20.0. The van der Waals surface area contributed by atoms with Gasteiger partial charge in [0, 0.05) is 32.0 Å². The van der Waals surface area contributed by atoms with E-state index in [2.05, 4.69) is 61.5 Å². The number of methoxy groups -OCH3 is 1. The van der Waals surface area contributed by atoms with Crippen LogP contribution >= 0.6 is 0 Å². The van der Waals surface area contributed by atoms with Crippen LogP contribution in [0.5, 0.6) is 0 Å². The number of rotatable bonds is 10. The number of carboxylic acid groups (broad SMARTS) is 1. The maximum atomic E-state index is 14.2. The number of ether oxygens (including phenoxy) is 1. The average molecular weight is 728 g/mol. The summed E-state index contributed by atoms with van der Waals surface area (Å²) in [7, 11) is 1.55. The minimum Gasteiger partial charge on any atom is -0.478 e. The lowest BCUT2D eigenvalue weighted by Gasteiger charge is -2.74. The van der Waals surface area contributed by atoms with Crippen LogP contribution in [-0.2, 0) is 14.3 Å². The molecule has 6 aliphatic rings. The highest BCUT2D eigenvalue weighted by molar-refractivity contribution is 6.01. The number of amides is 1. The Morgan fingerprint density at radius 1 is 0.906 bits per heavy atom. The summed E-state index contributed by atoms with van der Waals surface area (Å²) in [5, 5.41) is 22.0. The zero-order valence-electron chi connectivity index (χ0n) is 33.9. The largest absolute Gasteiger partial charge is 0.478 e. The fourth-order valence-electron chi connectivity index (χ4n) is 13.6. The van der Waals surface area contributed by atoms with E-state index in [1.807, 2.05) is 17.0 Å². The van der Waals surface area contributed by atoms with Gasteiger partial charge < -0.3 is 19.8 Å². The standard InChI is InChI=1S/C46H65NO6/c1-28(2)38-34(48)24-46(36(49)26-47(25-29-10-11-29)37(50)27-53-9)23-21-42(5)33(39(38)46)16-17-35-43(42,6)20-22-45(8)41(3,4)32(18-19-44(35,45)7)30-12-14-31(15-13-30)40(51)52/h12-15,18,28-29,33,35-36,49H,10-11,16-17,19-27H2,1-9H3,(H,51,52)/t33-,35+,36+,42-,43-,44-,45-,46+/m1/s1. The predicted octanol–water partition coefficient (Wildman–Crippen LogP) is 8.99. The molecule has 0 aliphatic heterocycles. The first-order valence-electron chi connectivity index (χ1n) is 20.6. The summed E-state index contributed by atoms with van der Waals surface area (Å²) in [5.41, 5.74) is 4.27. The first-order valence-corrected chi connectivity index (χ1v) is 20.6.